The number of para-hydroxylation sites is 1. The molecule has 6 heteroatoms. The van der Waals surface area contributed by atoms with Gasteiger partial charge in [0.15, 0.2) is 11.6 Å². The highest BCUT2D eigenvalue weighted by atomic mass is 15.2. The number of hydrogen-bond acceptors (Lipinski definition) is 4. The van der Waals surface area contributed by atoms with Crippen molar-refractivity contribution in [3.63, 3.8) is 0 Å². The van der Waals surface area contributed by atoms with E-state index in [0.29, 0.717) is 23.2 Å². The molecule has 0 bridgehead atoms. The van der Waals surface area contributed by atoms with Crippen molar-refractivity contribution in [2.75, 3.05) is 0 Å². The summed E-state index contributed by atoms with van der Waals surface area (Å²) in [6, 6.07) is 51.8. The molecule has 10 rings (SSSR count). The number of rotatable bonds is 5. The molecule has 0 saturated heterocycles. The van der Waals surface area contributed by atoms with Crippen LogP contribution in [0.2, 0.25) is 0 Å². The maximum atomic E-state index is 10.9. The van der Waals surface area contributed by atoms with Gasteiger partial charge in [0.05, 0.1) is 33.3 Å². The fraction of sp³-hybridized carbons (Fsp3) is 0.193. The summed E-state index contributed by atoms with van der Waals surface area (Å²) in [7, 11) is 0. The number of aromatic nitrogens is 5. The average molecular weight is 819 g/mol. The summed E-state index contributed by atoms with van der Waals surface area (Å²) >= 11 is 0. The quantitative estimate of drug-likeness (QED) is 0.173. The van der Waals surface area contributed by atoms with E-state index in [9.17, 15) is 5.26 Å². The molecule has 0 aliphatic rings. The monoisotopic (exact) mass is 818 g/mol. The lowest BCUT2D eigenvalue weighted by Crippen LogP contribution is -2.10. The Morgan fingerprint density at radius 3 is 1.60 bits per heavy atom. The minimum absolute atomic E-state index is 0.0302. The van der Waals surface area contributed by atoms with E-state index in [1.165, 1.54) is 38.9 Å². The maximum Gasteiger partial charge on any atom is 0.238 e. The third-order valence-electron chi connectivity index (χ3n) is 12.6. The van der Waals surface area contributed by atoms with E-state index in [4.69, 9.17) is 15.0 Å². The standard InChI is InChI=1S/C57H50N6/c1-34-27-35(2)52(36(3)28-34)38-19-24-49-44(30-38)43-17-13-14-18-48(43)62(49)47-23-20-39(29-40(47)33-58)54-59-53(37-15-11-10-12-16-37)60-55(61-54)63-50-25-21-41(56(4,5)6)31-45(50)46-32-42(57(7,8)9)22-26-51(46)63/h10-32H,1-9H3. The number of nitriles is 1. The second-order valence-corrected chi connectivity index (χ2v) is 19.1. The molecule has 0 amide bonds. The summed E-state index contributed by atoms with van der Waals surface area (Å²) in [5, 5.41) is 15.5. The lowest BCUT2D eigenvalue weighted by atomic mass is 9.85. The maximum absolute atomic E-state index is 10.9. The van der Waals surface area contributed by atoms with Crippen LogP contribution in [0.3, 0.4) is 0 Å². The van der Waals surface area contributed by atoms with Crippen molar-refractivity contribution in [1.82, 2.24) is 24.1 Å². The molecule has 10 aromatic rings. The van der Waals surface area contributed by atoms with Gasteiger partial charge in [-0.2, -0.15) is 15.2 Å². The van der Waals surface area contributed by atoms with Crippen molar-refractivity contribution in [3.05, 3.63) is 173 Å². The molecule has 0 aliphatic carbocycles. The van der Waals surface area contributed by atoms with E-state index in [-0.39, 0.29) is 10.8 Å². The van der Waals surface area contributed by atoms with Crippen LogP contribution in [0.25, 0.3) is 89.2 Å². The number of fused-ring (bicyclic) bond motifs is 6. The van der Waals surface area contributed by atoms with E-state index < -0.39 is 0 Å². The molecule has 0 N–H and O–H groups in total. The van der Waals surface area contributed by atoms with Gasteiger partial charge in [-0.25, -0.2) is 4.98 Å². The normalized spacial score (nSPS) is 12.2. The van der Waals surface area contributed by atoms with Crippen LogP contribution in [0.1, 0.15) is 74.9 Å². The Balaban J connectivity index is 1.17. The highest BCUT2D eigenvalue weighted by Gasteiger charge is 2.24. The first-order valence-corrected chi connectivity index (χ1v) is 21.8. The highest BCUT2D eigenvalue weighted by molar-refractivity contribution is 6.11. The zero-order valence-corrected chi connectivity index (χ0v) is 37.5. The molecule has 63 heavy (non-hydrogen) atoms. The summed E-state index contributed by atoms with van der Waals surface area (Å²) in [5.74, 6) is 1.57. The molecule has 0 fully saturated rings. The van der Waals surface area contributed by atoms with Crippen molar-refractivity contribution >= 4 is 43.6 Å². The van der Waals surface area contributed by atoms with Gasteiger partial charge in [-0.05, 0) is 126 Å². The van der Waals surface area contributed by atoms with Crippen molar-refractivity contribution in [1.29, 1.82) is 5.26 Å². The second kappa shape index (κ2) is 14.6. The van der Waals surface area contributed by atoms with Gasteiger partial charge < -0.3 is 4.57 Å². The van der Waals surface area contributed by atoms with Crippen LogP contribution in [0.4, 0.5) is 0 Å². The molecule has 7 aromatic carbocycles. The van der Waals surface area contributed by atoms with Gasteiger partial charge in [-0.1, -0.05) is 126 Å². The third-order valence-corrected chi connectivity index (χ3v) is 12.6. The molecule has 3 heterocycles. The number of hydrogen-bond donors (Lipinski definition) is 0. The highest BCUT2D eigenvalue weighted by Crippen LogP contribution is 2.40. The van der Waals surface area contributed by atoms with E-state index in [1.54, 1.807) is 0 Å². The molecule has 308 valence electrons. The van der Waals surface area contributed by atoms with Gasteiger partial charge in [-0.3, -0.25) is 4.57 Å². The van der Waals surface area contributed by atoms with Crippen LogP contribution in [0.5, 0.6) is 0 Å². The Bertz CT molecular complexity index is 3420. The molecule has 0 saturated carbocycles. The summed E-state index contributed by atoms with van der Waals surface area (Å²) in [5.41, 5.74) is 15.8. The van der Waals surface area contributed by atoms with Gasteiger partial charge in [0.1, 0.15) is 6.07 Å². The fourth-order valence-electron chi connectivity index (χ4n) is 9.46. The van der Waals surface area contributed by atoms with Crippen LogP contribution < -0.4 is 0 Å². The van der Waals surface area contributed by atoms with Gasteiger partial charge in [0.2, 0.25) is 5.95 Å². The van der Waals surface area contributed by atoms with E-state index in [2.05, 4.69) is 169 Å². The minimum Gasteiger partial charge on any atom is -0.308 e. The Morgan fingerprint density at radius 1 is 0.460 bits per heavy atom. The first-order valence-electron chi connectivity index (χ1n) is 21.8. The van der Waals surface area contributed by atoms with E-state index in [1.807, 2.05) is 48.5 Å². The van der Waals surface area contributed by atoms with Crippen LogP contribution in [-0.4, -0.2) is 24.1 Å². The van der Waals surface area contributed by atoms with Gasteiger partial charge >= 0.3 is 0 Å². The molecular weight excluding hydrogens is 769 g/mol. The molecule has 0 unspecified atom stereocenters. The SMILES string of the molecule is Cc1cc(C)c(-c2ccc3c(c2)c2ccccc2n3-c2ccc(-c3nc(-c4ccccc4)nc(-n4c5ccc(C(C)(C)C)cc5c5cc(C(C)(C)C)ccc54)n3)cc2C#N)c(C)c1. The average Bonchev–Trinajstić information content (AvgIpc) is 3.77. The molecule has 0 atom stereocenters. The van der Waals surface area contributed by atoms with Crippen LogP contribution in [-0.2, 0) is 10.8 Å². The number of nitrogens with zero attached hydrogens (tertiary/aromatic N) is 6. The molecular formula is C57H50N6. The smallest absolute Gasteiger partial charge is 0.238 e. The van der Waals surface area contributed by atoms with Gasteiger partial charge in [0, 0.05) is 32.7 Å². The minimum atomic E-state index is -0.0302. The molecule has 0 aliphatic heterocycles. The second-order valence-electron chi connectivity index (χ2n) is 19.1. The van der Waals surface area contributed by atoms with Crippen molar-refractivity contribution in [2.45, 2.75) is 73.1 Å². The van der Waals surface area contributed by atoms with Crippen molar-refractivity contribution < 1.29 is 0 Å². The van der Waals surface area contributed by atoms with E-state index >= 15 is 0 Å². The predicted molar refractivity (Wildman–Crippen MR) is 261 cm³/mol. The fourth-order valence-corrected chi connectivity index (χ4v) is 9.46. The topological polar surface area (TPSA) is 72.3 Å². The Morgan fingerprint density at radius 2 is 0.984 bits per heavy atom. The third kappa shape index (κ3) is 6.76. The molecule has 6 nitrogen and oxygen atoms in total. The summed E-state index contributed by atoms with van der Waals surface area (Å²) in [4.78, 5) is 15.6. The van der Waals surface area contributed by atoms with Crippen molar-refractivity contribution in [2.24, 2.45) is 0 Å². The number of aryl methyl sites for hydroxylation is 3. The summed E-state index contributed by atoms with van der Waals surface area (Å²) in [6.07, 6.45) is 0. The molecule has 0 spiro atoms. The zero-order chi connectivity index (χ0) is 43.9. The molecule has 0 radical (unpaired) electrons. The lowest BCUT2D eigenvalue weighted by Gasteiger charge is -2.19. The summed E-state index contributed by atoms with van der Waals surface area (Å²) < 4.78 is 4.39. The Hall–Kier alpha value is -7.36. The van der Waals surface area contributed by atoms with E-state index in [0.717, 1.165) is 60.4 Å². The van der Waals surface area contributed by atoms with Gasteiger partial charge in [-0.15, -0.1) is 0 Å². The van der Waals surface area contributed by atoms with Crippen LogP contribution >= 0.6 is 0 Å². The zero-order valence-electron chi connectivity index (χ0n) is 37.5. The summed E-state index contributed by atoms with van der Waals surface area (Å²) in [6.45, 7) is 20.1. The largest absolute Gasteiger partial charge is 0.308 e. The predicted octanol–water partition coefficient (Wildman–Crippen LogP) is 14.5. The lowest BCUT2D eigenvalue weighted by molar-refractivity contribution is 0.590. The molecule has 3 aromatic heterocycles. The first kappa shape index (κ1) is 39.8. The van der Waals surface area contributed by atoms with Gasteiger partial charge in [0.25, 0.3) is 0 Å². The Kier molecular flexibility index (Phi) is 9.24. The van der Waals surface area contributed by atoms with Crippen molar-refractivity contribution in [3.8, 4) is 51.6 Å². The first-order chi connectivity index (χ1) is 30.2. The number of benzene rings is 7. The van der Waals surface area contributed by atoms with Crippen LogP contribution in [0, 0.1) is 32.1 Å². The van der Waals surface area contributed by atoms with Crippen LogP contribution in [0.15, 0.2) is 140 Å². The Labute approximate surface area is 369 Å².